The van der Waals surface area contributed by atoms with Crippen molar-refractivity contribution >= 4 is 28.6 Å². The lowest BCUT2D eigenvalue weighted by atomic mass is 9.70. The number of aromatic nitrogens is 1. The first-order valence-corrected chi connectivity index (χ1v) is 20.8. The van der Waals surface area contributed by atoms with Gasteiger partial charge in [0.05, 0.1) is 31.5 Å². The van der Waals surface area contributed by atoms with Gasteiger partial charge in [0, 0.05) is 70.2 Å². The van der Waals surface area contributed by atoms with Crippen LogP contribution in [0.25, 0.3) is 10.9 Å². The van der Waals surface area contributed by atoms with E-state index in [1.54, 1.807) is 18.9 Å². The van der Waals surface area contributed by atoms with Gasteiger partial charge in [-0.3, -0.25) is 15.1 Å². The van der Waals surface area contributed by atoms with Gasteiger partial charge in [-0.2, -0.15) is 5.26 Å². The highest BCUT2D eigenvalue weighted by Gasteiger charge is 2.61. The monoisotopic (exact) mass is 776 g/mol. The molecule has 1 spiro atoms. The summed E-state index contributed by atoms with van der Waals surface area (Å²) >= 11 is 1.71. The number of nitrogens with one attached hydrogen (secondary N) is 2. The number of carbonyl (C=O) groups is 1. The van der Waals surface area contributed by atoms with Crippen molar-refractivity contribution in [1.29, 1.82) is 5.26 Å². The largest absolute Gasteiger partial charge is 0.504 e. The molecule has 0 amide bonds. The number of piperazine rings is 1. The predicted molar refractivity (Wildman–Crippen MR) is 212 cm³/mol. The van der Waals surface area contributed by atoms with Crippen LogP contribution in [0.5, 0.6) is 23.0 Å². The van der Waals surface area contributed by atoms with Crippen molar-refractivity contribution in [1.82, 2.24) is 20.1 Å². The van der Waals surface area contributed by atoms with Crippen molar-refractivity contribution in [2.75, 3.05) is 39.4 Å². The quantitative estimate of drug-likeness (QED) is 0.201. The fourth-order valence-corrected chi connectivity index (χ4v) is 13.1. The second-order valence-electron chi connectivity index (χ2n) is 16.2. The Bertz CT molecular complexity index is 2360. The molecule has 11 rings (SSSR count). The number of rotatable bonds is 3. The average Bonchev–Trinajstić information content (AvgIpc) is 3.84. The lowest BCUT2D eigenvalue weighted by Gasteiger charge is -2.62. The third-order valence-electron chi connectivity index (χ3n) is 13.7. The highest BCUT2D eigenvalue weighted by Crippen LogP contribution is 2.63. The molecule has 2 fully saturated rings. The molecule has 56 heavy (non-hydrogen) atoms. The number of carbonyl (C=O) groups excluding carboxylic acids is 1. The molecule has 8 heterocycles. The van der Waals surface area contributed by atoms with Crippen LogP contribution in [0.2, 0.25) is 0 Å². The summed E-state index contributed by atoms with van der Waals surface area (Å²) in [5.41, 5.74) is 15.1. The van der Waals surface area contributed by atoms with Gasteiger partial charge in [-0.15, -0.1) is 11.8 Å². The smallest absolute Gasteiger partial charge is 0.333 e. The van der Waals surface area contributed by atoms with E-state index >= 15 is 0 Å². The SMILES string of the molecule is CCN1[C@@H]2c3c(cc(C)c(OC)c3O)C[C@H]1[C@H](C#N)N1[C@H]2[C@@H]2SC[C@]3(N[C@@H](CN)Cc4c3[nH]c3ccccc43)C(=O)OCC[C@H]1c1c3c(c(C)c(C)c12)OCO3. The van der Waals surface area contributed by atoms with E-state index in [1.165, 1.54) is 0 Å². The summed E-state index contributed by atoms with van der Waals surface area (Å²) in [6.07, 6.45) is 1.71. The van der Waals surface area contributed by atoms with Crippen LogP contribution >= 0.6 is 11.8 Å². The number of aromatic hydroxyl groups is 1. The Morgan fingerprint density at radius 2 is 1.91 bits per heavy atom. The molecule has 2 saturated heterocycles. The second kappa shape index (κ2) is 13.0. The molecule has 0 unspecified atom stereocenters. The lowest BCUT2D eigenvalue weighted by Crippen LogP contribution is -2.69. The Morgan fingerprint density at radius 1 is 1.11 bits per heavy atom. The van der Waals surface area contributed by atoms with Gasteiger partial charge in [0.1, 0.15) is 6.04 Å². The van der Waals surface area contributed by atoms with Crippen molar-refractivity contribution in [3.8, 4) is 29.1 Å². The van der Waals surface area contributed by atoms with Crippen LogP contribution in [0.15, 0.2) is 30.3 Å². The van der Waals surface area contributed by atoms with Crippen molar-refractivity contribution in [3.05, 3.63) is 80.5 Å². The number of ether oxygens (including phenoxy) is 4. The summed E-state index contributed by atoms with van der Waals surface area (Å²) < 4.78 is 24.8. The molecule has 1 aromatic heterocycles. The minimum Gasteiger partial charge on any atom is -0.504 e. The molecule has 0 aliphatic carbocycles. The van der Waals surface area contributed by atoms with Gasteiger partial charge in [-0.1, -0.05) is 31.2 Å². The normalized spacial score (nSPS) is 30.5. The number of hydrogen-bond donors (Lipinski definition) is 4. The summed E-state index contributed by atoms with van der Waals surface area (Å²) in [5.74, 6) is 2.07. The van der Waals surface area contributed by atoms with Crippen molar-refractivity contribution in [2.45, 2.75) is 94.0 Å². The van der Waals surface area contributed by atoms with E-state index in [2.05, 4.69) is 65.1 Å². The van der Waals surface area contributed by atoms with Gasteiger partial charge in [-0.25, -0.2) is 4.79 Å². The Labute approximate surface area is 330 Å². The van der Waals surface area contributed by atoms with Crippen LogP contribution in [0.3, 0.4) is 0 Å². The van der Waals surface area contributed by atoms with Crippen LogP contribution < -0.4 is 25.3 Å². The first kappa shape index (κ1) is 35.9. The summed E-state index contributed by atoms with van der Waals surface area (Å²) in [5, 5.41) is 28.1. The van der Waals surface area contributed by atoms with E-state index in [0.717, 1.165) is 72.6 Å². The highest BCUT2D eigenvalue weighted by molar-refractivity contribution is 7.99. The summed E-state index contributed by atoms with van der Waals surface area (Å²) in [6, 6.07) is 11.4. The number of likely N-dealkylation sites (N-methyl/N-ethyl adjacent to an activating group) is 1. The van der Waals surface area contributed by atoms with E-state index in [1.807, 2.05) is 19.1 Å². The number of aryl methyl sites for hydroxylation is 1. The maximum atomic E-state index is 14.9. The molecule has 7 aliphatic rings. The van der Waals surface area contributed by atoms with Crippen LogP contribution in [0.1, 0.15) is 80.9 Å². The van der Waals surface area contributed by atoms with E-state index in [9.17, 15) is 15.2 Å². The van der Waals surface area contributed by atoms with Gasteiger partial charge in [-0.05, 0) is 79.6 Å². The number of phenolic OH excluding ortho intramolecular Hbond substituents is 1. The van der Waals surface area contributed by atoms with Crippen LogP contribution in [-0.4, -0.2) is 89.4 Å². The molecule has 4 aromatic rings. The van der Waals surface area contributed by atoms with Crippen molar-refractivity contribution < 1.29 is 28.8 Å². The number of para-hydroxylation sites is 1. The lowest BCUT2D eigenvalue weighted by molar-refractivity contribution is -0.153. The Hall–Kier alpha value is -4.45. The number of nitrogens with two attached hydrogens (primary N) is 1. The molecular formula is C43H48N6O6S. The fourth-order valence-electron chi connectivity index (χ4n) is 11.4. The van der Waals surface area contributed by atoms with Crippen LogP contribution in [0.4, 0.5) is 0 Å². The number of nitrogens with zero attached hydrogens (tertiary/aromatic N) is 3. The standard InChI is InChI=1S/C43H48N6O6S/c1-6-48-29-14-23-13-20(2)37(52-5)36(50)32(23)34(48)35-40-31-21(3)22(4)38-39(55-19-54-38)33(31)28(49(35)30(29)17-45)11-12-53-42(51)43(18-56-40)41-26(15-24(16-44)47-43)25-9-7-8-10-27(25)46-41/h7-10,13,24,28-30,34-35,40,46-47,50H,6,11-12,14-16,18-19,44H2,1-5H3/t24-,28+,29+,30+,34-,35-,40-,43-/m1/s1. The molecule has 8 atom stereocenters. The summed E-state index contributed by atoms with van der Waals surface area (Å²) in [4.78, 5) is 23.5. The number of phenols is 1. The first-order chi connectivity index (χ1) is 27.2. The summed E-state index contributed by atoms with van der Waals surface area (Å²) in [6.45, 7) is 9.63. The van der Waals surface area contributed by atoms with Gasteiger partial charge in [0.15, 0.2) is 28.5 Å². The van der Waals surface area contributed by atoms with E-state index in [4.69, 9.17) is 24.7 Å². The number of esters is 1. The Balaban J connectivity index is 1.25. The van der Waals surface area contributed by atoms with Crippen molar-refractivity contribution in [3.63, 3.8) is 0 Å². The predicted octanol–water partition coefficient (Wildman–Crippen LogP) is 5.24. The molecule has 12 nitrogen and oxygen atoms in total. The summed E-state index contributed by atoms with van der Waals surface area (Å²) in [7, 11) is 1.60. The van der Waals surface area contributed by atoms with E-state index in [-0.39, 0.29) is 60.6 Å². The number of thioether (sulfide) groups is 1. The molecule has 7 aliphatic heterocycles. The minimum atomic E-state index is -1.24. The highest BCUT2D eigenvalue weighted by atomic mass is 32.2. The zero-order valence-corrected chi connectivity index (χ0v) is 33.2. The number of nitriles is 1. The molecule has 13 heteroatoms. The van der Waals surface area contributed by atoms with E-state index < -0.39 is 11.6 Å². The van der Waals surface area contributed by atoms with Gasteiger partial charge in [0.25, 0.3) is 0 Å². The molecule has 0 saturated carbocycles. The maximum Gasteiger partial charge on any atom is 0.333 e. The Morgan fingerprint density at radius 3 is 2.68 bits per heavy atom. The average molecular weight is 777 g/mol. The van der Waals surface area contributed by atoms with Crippen molar-refractivity contribution in [2.24, 2.45) is 5.73 Å². The number of hydrogen-bond acceptors (Lipinski definition) is 12. The molecular weight excluding hydrogens is 729 g/mol. The number of aromatic amines is 1. The van der Waals surface area contributed by atoms with Crippen LogP contribution in [0, 0.1) is 32.1 Å². The topological polar surface area (TPSA) is 158 Å². The zero-order chi connectivity index (χ0) is 38.8. The number of methoxy groups -OCH3 is 1. The fraction of sp³-hybridized carbons (Fsp3) is 0.488. The van der Waals surface area contributed by atoms with Gasteiger partial charge >= 0.3 is 5.97 Å². The third kappa shape index (κ3) is 4.71. The molecule has 0 radical (unpaired) electrons. The van der Waals surface area contributed by atoms with E-state index in [0.29, 0.717) is 43.9 Å². The van der Waals surface area contributed by atoms with Gasteiger partial charge in [0.2, 0.25) is 6.79 Å². The Kier molecular flexibility index (Phi) is 8.37. The number of H-pyrrole nitrogens is 1. The first-order valence-electron chi connectivity index (χ1n) is 19.8. The second-order valence-corrected chi connectivity index (χ2v) is 17.4. The third-order valence-corrected chi connectivity index (χ3v) is 15.2. The van der Waals surface area contributed by atoms with Crippen LogP contribution in [-0.2, 0) is 27.9 Å². The zero-order valence-electron chi connectivity index (χ0n) is 32.4. The number of benzene rings is 3. The minimum absolute atomic E-state index is 0.114. The molecule has 4 bridgehead atoms. The maximum absolute atomic E-state index is 14.9. The molecule has 5 N–H and O–H groups in total. The molecule has 292 valence electrons. The number of fused-ring (bicyclic) bond motifs is 12. The van der Waals surface area contributed by atoms with Gasteiger partial charge < -0.3 is 34.8 Å². The molecule has 3 aromatic carbocycles.